The Morgan fingerprint density at radius 1 is 1.64 bits per heavy atom. The van der Waals surface area contributed by atoms with Gasteiger partial charge in [0.1, 0.15) is 5.82 Å². The van der Waals surface area contributed by atoms with Crippen molar-refractivity contribution in [3.8, 4) is 5.75 Å². The molecule has 0 aliphatic heterocycles. The van der Waals surface area contributed by atoms with Crippen LogP contribution in [0.2, 0.25) is 0 Å². The van der Waals surface area contributed by atoms with Gasteiger partial charge >= 0.3 is 5.69 Å². The summed E-state index contributed by atoms with van der Waals surface area (Å²) in [6.07, 6.45) is 1.03. The van der Waals surface area contributed by atoms with E-state index in [0.29, 0.717) is 0 Å². The summed E-state index contributed by atoms with van der Waals surface area (Å²) in [6, 6.07) is 1.86. The molecule has 0 N–H and O–H groups in total. The Morgan fingerprint density at radius 3 is 2.79 bits per heavy atom. The van der Waals surface area contributed by atoms with Crippen LogP contribution in [-0.4, -0.2) is 4.92 Å². The zero-order chi connectivity index (χ0) is 10.7. The monoisotopic (exact) mass is 261 g/mol. The first-order chi connectivity index (χ1) is 6.56. The van der Waals surface area contributed by atoms with E-state index in [2.05, 4.69) is 22.5 Å². The molecule has 0 atom stereocenters. The van der Waals surface area contributed by atoms with Crippen LogP contribution >= 0.6 is 15.9 Å². The van der Waals surface area contributed by atoms with Crippen molar-refractivity contribution >= 4 is 21.6 Å². The molecule has 1 aromatic carbocycles. The molecule has 6 heteroatoms. The van der Waals surface area contributed by atoms with Crippen LogP contribution in [0.15, 0.2) is 29.4 Å². The number of rotatable bonds is 3. The van der Waals surface area contributed by atoms with E-state index in [1.54, 1.807) is 0 Å². The fourth-order valence-electron chi connectivity index (χ4n) is 0.882. The lowest BCUT2D eigenvalue weighted by atomic mass is 10.3. The van der Waals surface area contributed by atoms with Gasteiger partial charge in [-0.15, -0.1) is 0 Å². The van der Waals surface area contributed by atoms with E-state index in [1.807, 2.05) is 0 Å². The number of hydrogen-bond acceptors (Lipinski definition) is 3. The van der Waals surface area contributed by atoms with Crippen molar-refractivity contribution in [2.24, 2.45) is 0 Å². The third-order valence-electron chi connectivity index (χ3n) is 1.39. The molecule has 1 rings (SSSR count). The summed E-state index contributed by atoms with van der Waals surface area (Å²) in [5.74, 6) is -0.772. The zero-order valence-corrected chi connectivity index (χ0v) is 8.45. The molecule has 0 unspecified atom stereocenters. The fourth-order valence-corrected chi connectivity index (χ4v) is 1.40. The van der Waals surface area contributed by atoms with Gasteiger partial charge in [-0.05, 0) is 22.0 Å². The van der Waals surface area contributed by atoms with E-state index in [4.69, 9.17) is 4.74 Å². The van der Waals surface area contributed by atoms with Crippen LogP contribution < -0.4 is 4.74 Å². The number of benzene rings is 1. The molecule has 0 aliphatic carbocycles. The molecule has 1 aromatic rings. The zero-order valence-electron chi connectivity index (χ0n) is 6.87. The molecule has 4 nitrogen and oxygen atoms in total. The van der Waals surface area contributed by atoms with E-state index >= 15 is 0 Å². The van der Waals surface area contributed by atoms with Gasteiger partial charge in [0, 0.05) is 0 Å². The molecule has 0 fully saturated rings. The molecule has 0 saturated carbocycles. The van der Waals surface area contributed by atoms with E-state index in [1.165, 1.54) is 0 Å². The highest BCUT2D eigenvalue weighted by molar-refractivity contribution is 9.10. The second kappa shape index (κ2) is 4.19. The van der Waals surface area contributed by atoms with Crippen molar-refractivity contribution in [3.05, 3.63) is 45.4 Å². The minimum absolute atomic E-state index is 0.0635. The molecule has 0 amide bonds. The minimum Gasteiger partial charge on any atom is -0.457 e. The minimum atomic E-state index is -0.729. The first-order valence-electron chi connectivity index (χ1n) is 3.47. The largest absolute Gasteiger partial charge is 0.457 e. The van der Waals surface area contributed by atoms with Gasteiger partial charge in [-0.25, -0.2) is 4.39 Å². The van der Waals surface area contributed by atoms with E-state index in [9.17, 15) is 14.5 Å². The highest BCUT2D eigenvalue weighted by atomic mass is 79.9. The third kappa shape index (κ3) is 2.08. The Bertz CT molecular complexity index is 394. The van der Waals surface area contributed by atoms with Gasteiger partial charge in [-0.2, -0.15) is 0 Å². The Kier molecular flexibility index (Phi) is 3.19. The number of halogens is 2. The molecule has 0 aliphatic rings. The van der Waals surface area contributed by atoms with Crippen molar-refractivity contribution in [1.82, 2.24) is 0 Å². The van der Waals surface area contributed by atoms with Gasteiger partial charge in [0.2, 0.25) is 5.75 Å². The normalized spacial score (nSPS) is 9.57. The van der Waals surface area contributed by atoms with Gasteiger partial charge in [0.15, 0.2) is 0 Å². The van der Waals surface area contributed by atoms with E-state index in [-0.39, 0.29) is 10.2 Å². The average molecular weight is 262 g/mol. The first kappa shape index (κ1) is 10.6. The van der Waals surface area contributed by atoms with Crippen molar-refractivity contribution in [2.45, 2.75) is 0 Å². The summed E-state index contributed by atoms with van der Waals surface area (Å²) >= 11 is 2.95. The molecule has 0 saturated heterocycles. The van der Waals surface area contributed by atoms with Gasteiger partial charge in [-0.3, -0.25) is 10.1 Å². The van der Waals surface area contributed by atoms with Crippen LogP contribution in [0, 0.1) is 15.9 Å². The summed E-state index contributed by atoms with van der Waals surface area (Å²) < 4.78 is 17.8. The van der Waals surface area contributed by atoms with Gasteiger partial charge in [-0.1, -0.05) is 6.58 Å². The van der Waals surface area contributed by atoms with Crippen molar-refractivity contribution in [2.75, 3.05) is 0 Å². The summed E-state index contributed by atoms with van der Waals surface area (Å²) in [4.78, 5) is 9.78. The van der Waals surface area contributed by atoms with Gasteiger partial charge < -0.3 is 4.74 Å². The topological polar surface area (TPSA) is 52.4 Å². The summed E-state index contributed by atoms with van der Waals surface area (Å²) in [6.45, 7) is 3.26. The molecule has 0 spiro atoms. The lowest BCUT2D eigenvalue weighted by Gasteiger charge is -2.03. The highest BCUT2D eigenvalue weighted by Gasteiger charge is 2.19. The van der Waals surface area contributed by atoms with Crippen molar-refractivity contribution in [3.63, 3.8) is 0 Å². The fraction of sp³-hybridized carbons (Fsp3) is 0. The van der Waals surface area contributed by atoms with E-state index in [0.717, 1.165) is 18.4 Å². The Labute approximate surface area is 87.3 Å². The average Bonchev–Trinajstić information content (AvgIpc) is 2.09. The number of nitrogens with zero attached hydrogens (tertiary/aromatic N) is 1. The van der Waals surface area contributed by atoms with Crippen LogP contribution in [0.25, 0.3) is 0 Å². The smallest absolute Gasteiger partial charge is 0.315 e. The van der Waals surface area contributed by atoms with Crippen LogP contribution in [0.1, 0.15) is 0 Å². The Morgan fingerprint density at radius 2 is 2.29 bits per heavy atom. The lowest BCUT2D eigenvalue weighted by Crippen LogP contribution is -1.94. The Balaban J connectivity index is 3.35. The molecule has 0 heterocycles. The quantitative estimate of drug-likeness (QED) is 0.478. The molecule has 0 bridgehead atoms. The standard InChI is InChI=1S/C8H5BrFNO3/c1-2-14-8-6(9)3-5(10)4-7(8)11(12)13/h2-4H,1H2. The van der Waals surface area contributed by atoms with Crippen LogP contribution in [-0.2, 0) is 0 Å². The second-order valence-electron chi connectivity index (χ2n) is 2.28. The summed E-state index contributed by atoms with van der Waals surface area (Å²) in [5.41, 5.74) is -0.447. The van der Waals surface area contributed by atoms with Gasteiger partial charge in [0.05, 0.1) is 21.7 Å². The van der Waals surface area contributed by atoms with Crippen LogP contribution in [0.5, 0.6) is 5.75 Å². The number of nitro groups is 1. The Hall–Kier alpha value is -1.43. The second-order valence-corrected chi connectivity index (χ2v) is 3.13. The maximum atomic E-state index is 12.8. The lowest BCUT2D eigenvalue weighted by molar-refractivity contribution is -0.385. The molecule has 74 valence electrons. The van der Waals surface area contributed by atoms with Crippen molar-refractivity contribution < 1.29 is 14.1 Å². The predicted molar refractivity (Wildman–Crippen MR) is 51.6 cm³/mol. The molecular formula is C8H5BrFNO3. The number of nitro benzene ring substituents is 1. The predicted octanol–water partition coefficient (Wildman–Crippen LogP) is 3.02. The maximum absolute atomic E-state index is 12.8. The SMILES string of the molecule is C=COc1c(Br)cc(F)cc1[N+](=O)[O-]. The van der Waals surface area contributed by atoms with Crippen LogP contribution in [0.3, 0.4) is 0 Å². The molecular weight excluding hydrogens is 257 g/mol. The number of hydrogen-bond donors (Lipinski definition) is 0. The highest BCUT2D eigenvalue weighted by Crippen LogP contribution is 2.35. The number of ether oxygens (including phenoxy) is 1. The van der Waals surface area contributed by atoms with Crippen LogP contribution in [0.4, 0.5) is 10.1 Å². The molecule has 0 aromatic heterocycles. The summed E-state index contributed by atoms with van der Waals surface area (Å²) in [5, 5.41) is 10.5. The summed E-state index contributed by atoms with van der Waals surface area (Å²) in [7, 11) is 0. The maximum Gasteiger partial charge on any atom is 0.315 e. The van der Waals surface area contributed by atoms with Gasteiger partial charge in [0.25, 0.3) is 0 Å². The molecule has 0 radical (unpaired) electrons. The van der Waals surface area contributed by atoms with Crippen molar-refractivity contribution in [1.29, 1.82) is 0 Å². The molecule has 14 heavy (non-hydrogen) atoms. The van der Waals surface area contributed by atoms with E-state index < -0.39 is 16.4 Å². The third-order valence-corrected chi connectivity index (χ3v) is 1.98. The first-order valence-corrected chi connectivity index (χ1v) is 4.26.